The average molecular weight is 665 g/mol. The molecule has 1 atom stereocenters. The van der Waals surface area contributed by atoms with E-state index in [1.165, 1.54) is 24.1 Å². The fourth-order valence-electron chi connectivity index (χ4n) is 4.25. The van der Waals surface area contributed by atoms with Gasteiger partial charge >= 0.3 is 0 Å². The summed E-state index contributed by atoms with van der Waals surface area (Å²) in [4.78, 5) is 28.7. The highest BCUT2D eigenvalue weighted by Crippen LogP contribution is 2.31. The Labute approximate surface area is 255 Å². The molecule has 3 aromatic rings. The zero-order valence-electron chi connectivity index (χ0n) is 23.6. The Hall–Kier alpha value is -3.08. The number of hydrogen-bond donors (Lipinski definition) is 1. The number of aryl methyl sites for hydroxylation is 1. The summed E-state index contributed by atoms with van der Waals surface area (Å²) in [6.45, 7) is 5.71. The number of carbonyl (C=O) groups is 2. The zero-order chi connectivity index (χ0) is 30.2. The van der Waals surface area contributed by atoms with E-state index in [-0.39, 0.29) is 17.3 Å². The SMILES string of the molecule is CCCNC(=O)[C@@H](CC)N(Cc1ccc(Cl)cc1)C(=O)CN(c1ccc(C)cc1)S(=O)(=O)c1ccc(OC)c(Br)c1. The molecule has 0 aliphatic heterocycles. The van der Waals surface area contributed by atoms with Crippen molar-refractivity contribution >= 4 is 55.1 Å². The lowest BCUT2D eigenvalue weighted by Crippen LogP contribution is -2.52. The molecule has 2 amide bonds. The number of nitrogens with one attached hydrogen (secondary N) is 1. The largest absolute Gasteiger partial charge is 0.496 e. The first-order valence-electron chi connectivity index (χ1n) is 13.3. The third-order valence-electron chi connectivity index (χ3n) is 6.51. The minimum Gasteiger partial charge on any atom is -0.496 e. The maximum atomic E-state index is 14.1. The Morgan fingerprint density at radius 2 is 1.68 bits per heavy atom. The van der Waals surface area contributed by atoms with Crippen LogP contribution in [0, 0.1) is 6.92 Å². The van der Waals surface area contributed by atoms with E-state index in [0.29, 0.717) is 33.9 Å². The third kappa shape index (κ3) is 8.24. The molecule has 220 valence electrons. The highest BCUT2D eigenvalue weighted by molar-refractivity contribution is 9.10. The van der Waals surface area contributed by atoms with E-state index in [2.05, 4.69) is 21.2 Å². The highest BCUT2D eigenvalue weighted by atomic mass is 79.9. The number of amides is 2. The second kappa shape index (κ2) is 14.7. The summed E-state index contributed by atoms with van der Waals surface area (Å²) < 4.78 is 34.9. The molecule has 1 N–H and O–H groups in total. The summed E-state index contributed by atoms with van der Waals surface area (Å²) in [5.74, 6) is -0.337. The Morgan fingerprint density at radius 1 is 1.02 bits per heavy atom. The van der Waals surface area contributed by atoms with Gasteiger partial charge in [0, 0.05) is 18.1 Å². The van der Waals surface area contributed by atoms with Crippen LogP contribution in [0.15, 0.2) is 76.1 Å². The first-order valence-corrected chi connectivity index (χ1v) is 15.9. The smallest absolute Gasteiger partial charge is 0.264 e. The molecule has 0 saturated heterocycles. The molecule has 0 aliphatic carbocycles. The van der Waals surface area contributed by atoms with E-state index in [9.17, 15) is 18.0 Å². The molecule has 0 saturated carbocycles. The van der Waals surface area contributed by atoms with Crippen LogP contribution in [0.3, 0.4) is 0 Å². The topological polar surface area (TPSA) is 96.0 Å². The molecular weight excluding hydrogens is 630 g/mol. The lowest BCUT2D eigenvalue weighted by molar-refractivity contribution is -0.140. The van der Waals surface area contributed by atoms with E-state index in [0.717, 1.165) is 21.9 Å². The van der Waals surface area contributed by atoms with Gasteiger partial charge in [-0.2, -0.15) is 0 Å². The van der Waals surface area contributed by atoms with Gasteiger partial charge in [0.2, 0.25) is 11.8 Å². The average Bonchev–Trinajstić information content (AvgIpc) is 2.96. The van der Waals surface area contributed by atoms with Crippen molar-refractivity contribution in [2.75, 3.05) is 24.5 Å². The van der Waals surface area contributed by atoms with Crippen LogP contribution in [-0.4, -0.2) is 51.4 Å². The van der Waals surface area contributed by atoms with Gasteiger partial charge < -0.3 is 15.0 Å². The predicted molar refractivity (Wildman–Crippen MR) is 166 cm³/mol. The van der Waals surface area contributed by atoms with Crippen LogP contribution in [0.2, 0.25) is 5.02 Å². The molecule has 41 heavy (non-hydrogen) atoms. The summed E-state index contributed by atoms with van der Waals surface area (Å²) in [6.07, 6.45) is 1.09. The summed E-state index contributed by atoms with van der Waals surface area (Å²) in [5.41, 5.74) is 2.02. The lowest BCUT2D eigenvalue weighted by atomic mass is 10.1. The van der Waals surface area contributed by atoms with Gasteiger partial charge in [0.15, 0.2) is 0 Å². The van der Waals surface area contributed by atoms with Crippen molar-refractivity contribution in [1.29, 1.82) is 0 Å². The van der Waals surface area contributed by atoms with Crippen molar-refractivity contribution in [1.82, 2.24) is 10.2 Å². The van der Waals surface area contributed by atoms with E-state index in [1.807, 2.05) is 20.8 Å². The number of hydrogen-bond acceptors (Lipinski definition) is 5. The molecule has 0 bridgehead atoms. The van der Waals surface area contributed by atoms with Crippen LogP contribution in [-0.2, 0) is 26.2 Å². The minimum atomic E-state index is -4.21. The predicted octanol–water partition coefficient (Wildman–Crippen LogP) is 5.95. The number of rotatable bonds is 13. The summed E-state index contributed by atoms with van der Waals surface area (Å²) in [6, 6.07) is 17.5. The van der Waals surface area contributed by atoms with Gasteiger partial charge in [-0.1, -0.05) is 55.3 Å². The van der Waals surface area contributed by atoms with Crippen molar-refractivity contribution in [2.24, 2.45) is 0 Å². The second-order valence-electron chi connectivity index (χ2n) is 9.51. The number of carbonyl (C=O) groups excluding carboxylic acids is 2. The quantitative estimate of drug-likeness (QED) is 0.244. The van der Waals surface area contributed by atoms with Gasteiger partial charge in [-0.3, -0.25) is 13.9 Å². The minimum absolute atomic E-state index is 0.0180. The molecule has 0 aliphatic rings. The van der Waals surface area contributed by atoms with E-state index in [4.69, 9.17) is 16.3 Å². The van der Waals surface area contributed by atoms with Crippen molar-refractivity contribution in [2.45, 2.75) is 51.1 Å². The Kier molecular flexibility index (Phi) is 11.6. The van der Waals surface area contributed by atoms with Crippen LogP contribution >= 0.6 is 27.5 Å². The van der Waals surface area contributed by atoms with Crippen molar-refractivity contribution < 1.29 is 22.7 Å². The molecule has 0 spiro atoms. The molecule has 8 nitrogen and oxygen atoms in total. The lowest BCUT2D eigenvalue weighted by Gasteiger charge is -2.33. The fourth-order valence-corrected chi connectivity index (χ4v) is 6.51. The van der Waals surface area contributed by atoms with E-state index < -0.39 is 28.5 Å². The van der Waals surface area contributed by atoms with Gasteiger partial charge in [0.1, 0.15) is 18.3 Å². The Bertz CT molecular complexity index is 1450. The number of halogens is 2. The summed E-state index contributed by atoms with van der Waals surface area (Å²) in [5, 5.41) is 3.42. The van der Waals surface area contributed by atoms with Crippen molar-refractivity contribution in [3.63, 3.8) is 0 Å². The zero-order valence-corrected chi connectivity index (χ0v) is 26.7. The number of sulfonamides is 1. The summed E-state index contributed by atoms with van der Waals surface area (Å²) >= 11 is 9.42. The molecule has 0 fully saturated rings. The Morgan fingerprint density at radius 3 is 2.24 bits per heavy atom. The number of benzene rings is 3. The molecule has 0 aromatic heterocycles. The standard InChI is InChI=1S/C30H35BrClN3O5S/c1-5-17-33-30(37)27(6-2)34(19-22-9-11-23(32)12-10-22)29(36)20-35(24-13-7-21(3)8-14-24)41(38,39)25-15-16-28(40-4)26(31)18-25/h7-16,18,27H,5-6,17,19-20H2,1-4H3,(H,33,37)/t27-/m1/s1. The van der Waals surface area contributed by atoms with Crippen LogP contribution in [0.5, 0.6) is 5.75 Å². The van der Waals surface area contributed by atoms with Crippen LogP contribution < -0.4 is 14.4 Å². The van der Waals surface area contributed by atoms with Crippen molar-refractivity contribution in [3.8, 4) is 5.75 Å². The van der Waals surface area contributed by atoms with E-state index in [1.54, 1.807) is 54.6 Å². The normalized spacial score (nSPS) is 12.0. The van der Waals surface area contributed by atoms with Gasteiger partial charge in [0.25, 0.3) is 10.0 Å². The first-order chi connectivity index (χ1) is 19.5. The number of methoxy groups -OCH3 is 1. The number of ether oxygens (including phenoxy) is 1. The third-order valence-corrected chi connectivity index (χ3v) is 9.15. The summed E-state index contributed by atoms with van der Waals surface area (Å²) in [7, 11) is -2.72. The first kappa shape index (κ1) is 32.4. The molecule has 0 unspecified atom stereocenters. The van der Waals surface area contributed by atoms with Crippen molar-refractivity contribution in [3.05, 3.63) is 87.4 Å². The molecule has 3 rings (SSSR count). The highest BCUT2D eigenvalue weighted by Gasteiger charge is 2.33. The number of nitrogens with zero attached hydrogens (tertiary/aromatic N) is 2. The maximum Gasteiger partial charge on any atom is 0.264 e. The fraction of sp³-hybridized carbons (Fsp3) is 0.333. The molecule has 3 aromatic carbocycles. The maximum absolute atomic E-state index is 14.1. The molecule has 0 radical (unpaired) electrons. The Balaban J connectivity index is 2.06. The van der Waals surface area contributed by atoms with Gasteiger partial charge in [0.05, 0.1) is 22.2 Å². The van der Waals surface area contributed by atoms with Gasteiger partial charge in [-0.25, -0.2) is 8.42 Å². The second-order valence-corrected chi connectivity index (χ2v) is 12.7. The van der Waals surface area contributed by atoms with Crippen LogP contribution in [0.4, 0.5) is 5.69 Å². The van der Waals surface area contributed by atoms with Gasteiger partial charge in [-0.15, -0.1) is 0 Å². The monoisotopic (exact) mass is 663 g/mol. The van der Waals surface area contributed by atoms with Crippen LogP contribution in [0.25, 0.3) is 0 Å². The van der Waals surface area contributed by atoms with Gasteiger partial charge in [-0.05, 0) is 83.7 Å². The van der Waals surface area contributed by atoms with Crippen LogP contribution in [0.1, 0.15) is 37.8 Å². The number of anilines is 1. The molecular formula is C30H35BrClN3O5S. The van der Waals surface area contributed by atoms with E-state index >= 15 is 0 Å². The molecule has 0 heterocycles. The molecule has 11 heteroatoms.